The number of hydrogen-bond acceptors (Lipinski definition) is 8. The molecule has 0 bridgehead atoms. The number of methoxy groups -OCH3 is 1. The zero-order chi connectivity index (χ0) is 26.9. The Morgan fingerprint density at radius 1 is 1.24 bits per heavy atom. The minimum absolute atomic E-state index is 0.139. The molecule has 4 N–H and O–H groups in total. The summed E-state index contributed by atoms with van der Waals surface area (Å²) in [6.45, 7) is 2.24. The molecule has 1 aromatic heterocycles. The second-order valence-electron chi connectivity index (χ2n) is 10.5. The highest BCUT2D eigenvalue weighted by Gasteiger charge is 2.48. The highest BCUT2D eigenvalue weighted by Crippen LogP contribution is 2.53. The summed E-state index contributed by atoms with van der Waals surface area (Å²) < 4.78 is 21.2. The minimum Gasteiger partial charge on any atom is -0.495 e. The van der Waals surface area contributed by atoms with Crippen molar-refractivity contribution in [2.45, 2.75) is 63.6 Å². The van der Waals surface area contributed by atoms with Gasteiger partial charge >= 0.3 is 7.82 Å². The number of amides is 1. The Morgan fingerprint density at radius 2 is 2.00 bits per heavy atom. The van der Waals surface area contributed by atoms with Crippen molar-refractivity contribution in [3.05, 3.63) is 40.5 Å². The van der Waals surface area contributed by atoms with Gasteiger partial charge in [-0.1, -0.05) is 17.7 Å². The Morgan fingerprint density at radius 3 is 2.63 bits per heavy atom. The lowest BCUT2D eigenvalue weighted by molar-refractivity contribution is 0.0820. The molecule has 0 unspecified atom stereocenters. The topological polar surface area (TPSA) is 146 Å². The number of anilines is 2. The van der Waals surface area contributed by atoms with Crippen molar-refractivity contribution in [3.63, 3.8) is 0 Å². The second-order valence-corrected chi connectivity index (χ2v) is 12.1. The summed E-state index contributed by atoms with van der Waals surface area (Å²) in [4.78, 5) is 42.9. The van der Waals surface area contributed by atoms with Crippen LogP contribution in [0.2, 0.25) is 5.02 Å². The lowest BCUT2D eigenvalue weighted by Crippen LogP contribution is -2.39. The maximum Gasteiger partial charge on any atom is 0.469 e. The van der Waals surface area contributed by atoms with E-state index >= 15 is 0 Å². The molecule has 2 heterocycles. The number of phosphoric acid groups is 1. The largest absolute Gasteiger partial charge is 0.495 e. The number of nitrogens with zero attached hydrogens (tertiary/aromatic N) is 3. The molecular weight excluding hydrogens is 533 g/mol. The third-order valence-electron chi connectivity index (χ3n) is 7.67. The maximum absolute atomic E-state index is 13.3. The van der Waals surface area contributed by atoms with E-state index in [2.05, 4.69) is 20.5 Å². The molecule has 1 aromatic carbocycles. The van der Waals surface area contributed by atoms with Crippen LogP contribution in [0, 0.1) is 5.41 Å². The molecular formula is C25H33ClN5O6P. The van der Waals surface area contributed by atoms with Crippen molar-refractivity contribution in [2.75, 3.05) is 30.4 Å². The van der Waals surface area contributed by atoms with Crippen LogP contribution >= 0.6 is 19.4 Å². The first-order chi connectivity index (χ1) is 18.1. The van der Waals surface area contributed by atoms with Crippen molar-refractivity contribution in [2.24, 2.45) is 5.41 Å². The van der Waals surface area contributed by atoms with Crippen molar-refractivity contribution in [1.29, 1.82) is 0 Å². The zero-order valence-corrected chi connectivity index (χ0v) is 22.9. The van der Waals surface area contributed by atoms with Gasteiger partial charge in [-0.2, -0.15) is 4.98 Å². The predicted molar refractivity (Wildman–Crippen MR) is 142 cm³/mol. The maximum atomic E-state index is 13.3. The number of aromatic nitrogens is 2. The average molecular weight is 566 g/mol. The van der Waals surface area contributed by atoms with Crippen molar-refractivity contribution >= 4 is 37.1 Å². The van der Waals surface area contributed by atoms with Crippen LogP contribution in [0.4, 0.5) is 11.8 Å². The fourth-order valence-corrected chi connectivity index (χ4v) is 6.17. The molecule has 2 saturated carbocycles. The van der Waals surface area contributed by atoms with E-state index in [1.165, 1.54) is 12.8 Å². The SMILES string of the molecule is COc1ccc(CNc2nc(N3CCC4(CC4)C3)ncc2C(=O)N[C@H]2CC[C@H](OP(=O)(O)O)CC2)cc1Cl. The summed E-state index contributed by atoms with van der Waals surface area (Å²) in [6, 6.07) is 5.37. The second kappa shape index (κ2) is 11.0. The fraction of sp³-hybridized carbons (Fsp3) is 0.560. The molecule has 1 spiro atoms. The molecule has 1 amide bonds. The highest BCUT2D eigenvalue weighted by atomic mass is 35.5. The van der Waals surface area contributed by atoms with Crippen LogP contribution in [-0.2, 0) is 15.6 Å². The van der Waals surface area contributed by atoms with Gasteiger partial charge in [0.1, 0.15) is 17.1 Å². The summed E-state index contributed by atoms with van der Waals surface area (Å²) in [5.41, 5.74) is 1.65. The van der Waals surface area contributed by atoms with E-state index in [1.807, 2.05) is 12.1 Å². The van der Waals surface area contributed by atoms with E-state index in [9.17, 15) is 9.36 Å². The van der Waals surface area contributed by atoms with E-state index in [4.69, 9.17) is 35.6 Å². The van der Waals surface area contributed by atoms with Gasteiger partial charge in [-0.15, -0.1) is 0 Å². The third-order valence-corrected chi connectivity index (χ3v) is 8.54. The Balaban J connectivity index is 1.29. The molecule has 2 aromatic rings. The van der Waals surface area contributed by atoms with E-state index in [-0.39, 0.29) is 11.9 Å². The Bertz CT molecular complexity index is 1230. The number of ether oxygens (including phenoxy) is 1. The third kappa shape index (κ3) is 6.58. The van der Waals surface area contributed by atoms with Gasteiger partial charge in [0.05, 0.1) is 18.2 Å². The first kappa shape index (κ1) is 27.1. The summed E-state index contributed by atoms with van der Waals surface area (Å²) in [5.74, 6) is 1.33. The summed E-state index contributed by atoms with van der Waals surface area (Å²) in [6.07, 6.45) is 6.69. The molecule has 1 saturated heterocycles. The van der Waals surface area contributed by atoms with Crippen LogP contribution < -0.4 is 20.3 Å². The van der Waals surface area contributed by atoms with E-state index < -0.39 is 13.9 Å². The summed E-state index contributed by atoms with van der Waals surface area (Å²) in [7, 11) is -2.96. The van der Waals surface area contributed by atoms with Gasteiger partial charge in [-0.05, 0) is 68.1 Å². The molecule has 0 atom stereocenters. The molecule has 11 nitrogen and oxygen atoms in total. The molecule has 1 aliphatic heterocycles. The van der Waals surface area contributed by atoms with Gasteiger partial charge in [0.25, 0.3) is 5.91 Å². The molecule has 13 heteroatoms. The van der Waals surface area contributed by atoms with Gasteiger partial charge < -0.3 is 30.1 Å². The first-order valence-corrected chi connectivity index (χ1v) is 14.8. The van der Waals surface area contributed by atoms with Gasteiger partial charge in [-0.25, -0.2) is 9.55 Å². The van der Waals surface area contributed by atoms with E-state index in [0.717, 1.165) is 25.1 Å². The van der Waals surface area contributed by atoms with Crippen molar-refractivity contribution < 1.29 is 28.4 Å². The molecule has 5 rings (SSSR count). The number of benzene rings is 1. The van der Waals surface area contributed by atoms with Gasteiger partial charge in [0, 0.05) is 31.9 Å². The first-order valence-electron chi connectivity index (χ1n) is 12.9. The van der Waals surface area contributed by atoms with Crippen molar-refractivity contribution in [3.8, 4) is 5.75 Å². The average Bonchev–Trinajstić information content (AvgIpc) is 3.51. The van der Waals surface area contributed by atoms with Crippen LogP contribution in [0.1, 0.15) is 60.9 Å². The molecule has 3 fully saturated rings. The summed E-state index contributed by atoms with van der Waals surface area (Å²) in [5, 5.41) is 6.83. The Labute approximate surface area is 226 Å². The zero-order valence-electron chi connectivity index (χ0n) is 21.2. The number of carbonyl (C=O) groups excluding carboxylic acids is 1. The number of hydrogen-bond donors (Lipinski definition) is 4. The van der Waals surface area contributed by atoms with Crippen LogP contribution in [0.5, 0.6) is 5.75 Å². The quantitative estimate of drug-likeness (QED) is 0.330. The molecule has 38 heavy (non-hydrogen) atoms. The Hall–Kier alpha value is -2.43. The standard InChI is InChI=1S/C25H33ClN5O6P/c1-36-21-7-2-16(12-20(21)26)13-27-22-19(14-28-24(30-22)31-11-10-25(15-31)8-9-25)23(32)29-17-3-5-18(6-4-17)37-38(33,34)35/h2,7,12,14,17-18H,3-6,8-11,13,15H2,1H3,(H,29,32)(H,27,28,30)(H2,33,34,35)/t17-,18-. The number of rotatable bonds is 9. The van der Waals surface area contributed by atoms with Crippen molar-refractivity contribution in [1.82, 2.24) is 15.3 Å². The lowest BCUT2D eigenvalue weighted by atomic mass is 9.93. The number of halogens is 1. The van der Waals surface area contributed by atoms with Crippen LogP contribution in [-0.4, -0.2) is 58.0 Å². The molecule has 3 aliphatic rings. The highest BCUT2D eigenvalue weighted by molar-refractivity contribution is 7.46. The number of carbonyl (C=O) groups is 1. The molecule has 206 valence electrons. The van der Waals surface area contributed by atoms with Crippen LogP contribution in [0.25, 0.3) is 0 Å². The van der Waals surface area contributed by atoms with Gasteiger partial charge in [0.2, 0.25) is 5.95 Å². The summed E-state index contributed by atoms with van der Waals surface area (Å²) >= 11 is 6.29. The molecule has 2 aliphatic carbocycles. The van der Waals surface area contributed by atoms with Gasteiger partial charge in [-0.3, -0.25) is 9.32 Å². The normalized spacial score (nSPS) is 22.4. The smallest absolute Gasteiger partial charge is 0.469 e. The fourth-order valence-electron chi connectivity index (χ4n) is 5.29. The predicted octanol–water partition coefficient (Wildman–Crippen LogP) is 3.89. The van der Waals surface area contributed by atoms with Crippen LogP contribution in [0.3, 0.4) is 0 Å². The molecule has 0 radical (unpaired) electrons. The van der Waals surface area contributed by atoms with Gasteiger partial charge in [0.15, 0.2) is 0 Å². The monoisotopic (exact) mass is 565 g/mol. The van der Waals surface area contributed by atoms with E-state index in [1.54, 1.807) is 19.4 Å². The van der Waals surface area contributed by atoms with Crippen LogP contribution in [0.15, 0.2) is 24.4 Å². The van der Waals surface area contributed by atoms with E-state index in [0.29, 0.717) is 65.7 Å². The number of phosphoric ester groups is 1. The Kier molecular flexibility index (Phi) is 7.84. The lowest BCUT2D eigenvalue weighted by Gasteiger charge is -2.29. The minimum atomic E-state index is -4.53. The number of nitrogens with one attached hydrogen (secondary N) is 2.